The van der Waals surface area contributed by atoms with E-state index in [-0.39, 0.29) is 4.83 Å². The molecule has 6 heteroatoms. The molecule has 2 heterocycles. The van der Waals surface area contributed by atoms with Gasteiger partial charge in [-0.1, -0.05) is 39.1 Å². The fourth-order valence-corrected chi connectivity index (χ4v) is 5.60. The SMILES string of the molecule is CCOc1cc(Cl)c(C(Br)c2cc3sccc3s2)cc1Cl. The average molecular weight is 422 g/mol. The lowest BCUT2D eigenvalue weighted by atomic mass is 10.1. The smallest absolute Gasteiger partial charge is 0.139 e. The average Bonchev–Trinajstić information content (AvgIpc) is 3.03. The second-order valence-corrected chi connectivity index (χ2v) is 8.19. The summed E-state index contributed by atoms with van der Waals surface area (Å²) < 4.78 is 8.06. The first-order valence-corrected chi connectivity index (χ1v) is 9.69. The lowest BCUT2D eigenvalue weighted by molar-refractivity contribution is 0.340. The summed E-state index contributed by atoms with van der Waals surface area (Å²) in [5.74, 6) is 0.625. The molecule has 0 fully saturated rings. The lowest BCUT2D eigenvalue weighted by Crippen LogP contribution is -1.96. The molecule has 1 aromatic carbocycles. The summed E-state index contributed by atoms with van der Waals surface area (Å²) in [6.07, 6.45) is 0. The van der Waals surface area contributed by atoms with Gasteiger partial charge in [-0.3, -0.25) is 0 Å². The van der Waals surface area contributed by atoms with Gasteiger partial charge in [-0.25, -0.2) is 0 Å². The van der Waals surface area contributed by atoms with E-state index in [9.17, 15) is 0 Å². The summed E-state index contributed by atoms with van der Waals surface area (Å²) in [5, 5.41) is 3.34. The maximum atomic E-state index is 6.39. The maximum absolute atomic E-state index is 6.39. The first kappa shape index (κ1) is 15.6. The predicted octanol–water partition coefficient (Wildman–Crippen LogP) is 7.15. The molecule has 3 rings (SSSR count). The highest BCUT2D eigenvalue weighted by atomic mass is 79.9. The molecule has 1 nitrogen and oxygen atoms in total. The second kappa shape index (κ2) is 6.47. The molecule has 0 N–H and O–H groups in total. The van der Waals surface area contributed by atoms with Crippen LogP contribution in [0.25, 0.3) is 9.40 Å². The highest BCUT2D eigenvalue weighted by Crippen LogP contribution is 2.44. The summed E-state index contributed by atoms with van der Waals surface area (Å²) in [6.45, 7) is 2.48. The van der Waals surface area contributed by atoms with E-state index < -0.39 is 0 Å². The molecule has 2 aromatic heterocycles. The van der Waals surface area contributed by atoms with Gasteiger partial charge in [0.2, 0.25) is 0 Å². The molecule has 0 saturated carbocycles. The van der Waals surface area contributed by atoms with Crippen LogP contribution in [0.15, 0.2) is 29.6 Å². The van der Waals surface area contributed by atoms with Crippen LogP contribution in [0.2, 0.25) is 10.0 Å². The van der Waals surface area contributed by atoms with Crippen molar-refractivity contribution in [3.8, 4) is 5.75 Å². The number of halogens is 3. The van der Waals surface area contributed by atoms with Crippen LogP contribution < -0.4 is 4.74 Å². The van der Waals surface area contributed by atoms with Crippen molar-refractivity contribution in [2.75, 3.05) is 6.61 Å². The molecule has 0 aliphatic heterocycles. The third-order valence-electron chi connectivity index (χ3n) is 3.03. The van der Waals surface area contributed by atoms with E-state index in [0.717, 1.165) is 5.56 Å². The van der Waals surface area contributed by atoms with Gasteiger partial charge in [0.25, 0.3) is 0 Å². The molecule has 0 saturated heterocycles. The van der Waals surface area contributed by atoms with Crippen molar-refractivity contribution in [2.45, 2.75) is 11.8 Å². The Bertz CT molecular complexity index is 753. The monoisotopic (exact) mass is 420 g/mol. The molecule has 1 unspecified atom stereocenters. The van der Waals surface area contributed by atoms with E-state index >= 15 is 0 Å². The number of hydrogen-bond acceptors (Lipinski definition) is 3. The molecule has 0 aliphatic rings. The molecule has 3 aromatic rings. The van der Waals surface area contributed by atoms with E-state index in [1.54, 1.807) is 28.7 Å². The van der Waals surface area contributed by atoms with Crippen LogP contribution in [-0.4, -0.2) is 6.61 Å². The molecule has 110 valence electrons. The van der Waals surface area contributed by atoms with Gasteiger partial charge in [-0.2, -0.15) is 0 Å². The van der Waals surface area contributed by atoms with Crippen molar-refractivity contribution < 1.29 is 4.74 Å². The number of hydrogen-bond donors (Lipinski definition) is 0. The van der Waals surface area contributed by atoms with E-state index in [1.807, 2.05) is 13.0 Å². The third kappa shape index (κ3) is 3.10. The summed E-state index contributed by atoms with van der Waals surface area (Å²) in [7, 11) is 0. The molecular weight excluding hydrogens is 411 g/mol. The van der Waals surface area contributed by atoms with Crippen molar-refractivity contribution in [2.24, 2.45) is 0 Å². The minimum Gasteiger partial charge on any atom is -0.492 e. The van der Waals surface area contributed by atoms with Crippen LogP contribution in [0.4, 0.5) is 0 Å². The Morgan fingerprint density at radius 1 is 1.19 bits per heavy atom. The lowest BCUT2D eigenvalue weighted by Gasteiger charge is -2.13. The van der Waals surface area contributed by atoms with Crippen LogP contribution in [-0.2, 0) is 0 Å². The largest absolute Gasteiger partial charge is 0.492 e. The van der Waals surface area contributed by atoms with Crippen molar-refractivity contribution >= 4 is 71.2 Å². The number of thiophene rings is 2. The number of ether oxygens (including phenoxy) is 1. The summed E-state index contributed by atoms with van der Waals surface area (Å²) in [4.78, 5) is 1.25. The minimum absolute atomic E-state index is 0.0303. The number of benzene rings is 1. The number of rotatable bonds is 4. The van der Waals surface area contributed by atoms with Gasteiger partial charge >= 0.3 is 0 Å². The highest BCUT2D eigenvalue weighted by molar-refractivity contribution is 9.09. The molecule has 0 radical (unpaired) electrons. The molecule has 21 heavy (non-hydrogen) atoms. The first-order chi connectivity index (χ1) is 10.1. The molecule has 0 amide bonds. The van der Waals surface area contributed by atoms with Gasteiger partial charge in [0.15, 0.2) is 0 Å². The standard InChI is InChI=1S/C15H11BrCl2OS2/c1-2-19-11-6-9(17)8(5-10(11)18)15(16)14-7-13-12(21-14)3-4-20-13/h3-7,15H,2H2,1H3. The van der Waals surface area contributed by atoms with E-state index in [4.69, 9.17) is 27.9 Å². The molecule has 0 spiro atoms. The molecule has 1 atom stereocenters. The van der Waals surface area contributed by atoms with Crippen molar-refractivity contribution in [3.63, 3.8) is 0 Å². The summed E-state index contributed by atoms with van der Waals surface area (Å²) >= 11 is 19.9. The zero-order chi connectivity index (χ0) is 15.0. The van der Waals surface area contributed by atoms with Gasteiger partial charge in [0.1, 0.15) is 5.75 Å². The van der Waals surface area contributed by atoms with E-state index in [1.165, 1.54) is 14.3 Å². The van der Waals surface area contributed by atoms with Gasteiger partial charge < -0.3 is 4.74 Å². The van der Waals surface area contributed by atoms with Gasteiger partial charge in [0.05, 0.1) is 16.5 Å². The minimum atomic E-state index is 0.0303. The van der Waals surface area contributed by atoms with Crippen LogP contribution in [0.3, 0.4) is 0 Å². The Hall–Kier alpha value is -0.260. The second-order valence-electron chi connectivity index (χ2n) is 4.40. The first-order valence-electron chi connectivity index (χ1n) is 6.33. The van der Waals surface area contributed by atoms with Crippen LogP contribution in [0.5, 0.6) is 5.75 Å². The fourth-order valence-electron chi connectivity index (χ4n) is 2.07. The normalized spacial score (nSPS) is 12.8. The molecular formula is C15H11BrCl2OS2. The quantitative estimate of drug-likeness (QED) is 0.406. The maximum Gasteiger partial charge on any atom is 0.139 e. The van der Waals surface area contributed by atoms with Crippen LogP contribution >= 0.6 is 61.8 Å². The predicted molar refractivity (Wildman–Crippen MR) is 98.1 cm³/mol. The van der Waals surface area contributed by atoms with Crippen molar-refractivity contribution in [1.82, 2.24) is 0 Å². The van der Waals surface area contributed by atoms with Crippen molar-refractivity contribution in [3.05, 3.63) is 50.1 Å². The van der Waals surface area contributed by atoms with E-state index in [2.05, 4.69) is 33.4 Å². The number of fused-ring (bicyclic) bond motifs is 1. The molecule has 0 aliphatic carbocycles. The van der Waals surface area contributed by atoms with E-state index in [0.29, 0.717) is 22.4 Å². The Morgan fingerprint density at radius 2 is 2.00 bits per heavy atom. The van der Waals surface area contributed by atoms with Gasteiger partial charge in [-0.05, 0) is 36.1 Å². The Kier molecular flexibility index (Phi) is 4.81. The Labute approximate surface area is 149 Å². The fraction of sp³-hybridized carbons (Fsp3) is 0.200. The summed E-state index contributed by atoms with van der Waals surface area (Å²) in [6, 6.07) is 8.00. The number of alkyl halides is 1. The Morgan fingerprint density at radius 3 is 2.71 bits per heavy atom. The van der Waals surface area contributed by atoms with Crippen molar-refractivity contribution in [1.29, 1.82) is 0 Å². The van der Waals surface area contributed by atoms with Gasteiger partial charge in [-0.15, -0.1) is 22.7 Å². The zero-order valence-electron chi connectivity index (χ0n) is 11.0. The third-order valence-corrected chi connectivity index (χ3v) is 7.10. The topological polar surface area (TPSA) is 9.23 Å². The highest BCUT2D eigenvalue weighted by Gasteiger charge is 2.19. The van der Waals surface area contributed by atoms with Crippen LogP contribution in [0, 0.1) is 0 Å². The Balaban J connectivity index is 1.99. The zero-order valence-corrected chi connectivity index (χ0v) is 15.8. The van der Waals surface area contributed by atoms with Crippen LogP contribution in [0.1, 0.15) is 22.2 Å². The summed E-state index contributed by atoms with van der Waals surface area (Å²) in [5.41, 5.74) is 0.957. The molecule has 0 bridgehead atoms. The van der Waals surface area contributed by atoms with Gasteiger partial charge in [0, 0.05) is 25.4 Å².